The van der Waals surface area contributed by atoms with Gasteiger partial charge in [0, 0.05) is 11.8 Å². The molecule has 9 nitrogen and oxygen atoms in total. The van der Waals surface area contributed by atoms with E-state index in [0.717, 1.165) is 43.2 Å². The highest BCUT2D eigenvalue weighted by atomic mass is 16.7. The molecule has 0 spiro atoms. The molecule has 4 aliphatic rings. The van der Waals surface area contributed by atoms with E-state index < -0.39 is 36.7 Å². The largest absolute Gasteiger partial charge is 0.504 e. The molecule has 1 aliphatic heterocycles. The molecule has 9 heteroatoms. The minimum absolute atomic E-state index is 0.0145. The predicted octanol–water partition coefficient (Wildman–Crippen LogP) is 1.09. The Morgan fingerprint density at radius 1 is 1.09 bits per heavy atom. The molecule has 0 amide bonds. The molecule has 1 saturated heterocycles. The van der Waals surface area contributed by atoms with E-state index in [0.29, 0.717) is 24.0 Å². The molecule has 180 valence electrons. The van der Waals surface area contributed by atoms with Crippen molar-refractivity contribution < 1.29 is 44.6 Å². The number of Topliss-reactive ketones (excluding diaryl/α,β-unsaturated/α-hetero) is 1. The Labute approximate surface area is 190 Å². The number of aryl methyl sites for hydroxylation is 1. The molecular formula is C24H30O9. The number of aliphatic hydroxyl groups is 3. The smallest absolute Gasteiger partial charge is 0.335 e. The second-order valence-corrected chi connectivity index (χ2v) is 10.2. The first-order valence-electron chi connectivity index (χ1n) is 11.6. The summed E-state index contributed by atoms with van der Waals surface area (Å²) >= 11 is 0. The number of phenolic OH excluding ortho intramolecular Hbond substituents is 1. The Morgan fingerprint density at radius 3 is 2.58 bits per heavy atom. The van der Waals surface area contributed by atoms with Crippen molar-refractivity contribution in [2.75, 3.05) is 0 Å². The molecule has 0 radical (unpaired) electrons. The van der Waals surface area contributed by atoms with Gasteiger partial charge in [-0.25, -0.2) is 4.79 Å². The van der Waals surface area contributed by atoms with Gasteiger partial charge in [0.05, 0.1) is 0 Å². The molecule has 0 aromatic heterocycles. The van der Waals surface area contributed by atoms with E-state index in [1.807, 2.05) is 0 Å². The maximum atomic E-state index is 12.5. The van der Waals surface area contributed by atoms with E-state index in [-0.39, 0.29) is 22.8 Å². The summed E-state index contributed by atoms with van der Waals surface area (Å²) in [4.78, 5) is 23.8. The number of phenols is 1. The minimum atomic E-state index is -1.81. The number of carboxylic acids is 1. The topological polar surface area (TPSA) is 154 Å². The molecule has 2 saturated carbocycles. The van der Waals surface area contributed by atoms with Gasteiger partial charge in [-0.15, -0.1) is 0 Å². The third-order valence-electron chi connectivity index (χ3n) is 8.57. The van der Waals surface area contributed by atoms with Crippen molar-refractivity contribution >= 4 is 11.8 Å². The molecule has 0 bridgehead atoms. The first kappa shape index (κ1) is 22.6. The summed E-state index contributed by atoms with van der Waals surface area (Å²) < 4.78 is 10.8. The number of carboxylic acid groups (broad SMARTS) is 1. The fourth-order valence-corrected chi connectivity index (χ4v) is 6.73. The first-order valence-corrected chi connectivity index (χ1v) is 11.6. The Kier molecular flexibility index (Phi) is 5.43. The van der Waals surface area contributed by atoms with E-state index in [1.54, 1.807) is 12.1 Å². The maximum absolute atomic E-state index is 12.5. The predicted molar refractivity (Wildman–Crippen MR) is 113 cm³/mol. The lowest BCUT2D eigenvalue weighted by Crippen LogP contribution is -2.61. The van der Waals surface area contributed by atoms with Crippen molar-refractivity contribution in [2.45, 2.75) is 82.1 Å². The van der Waals surface area contributed by atoms with E-state index in [9.17, 15) is 35.1 Å². The normalized spacial score (nSPS) is 42.2. The molecule has 1 heterocycles. The zero-order chi connectivity index (χ0) is 23.7. The van der Waals surface area contributed by atoms with Crippen LogP contribution in [0, 0.1) is 17.3 Å². The average molecular weight is 462 g/mol. The maximum Gasteiger partial charge on any atom is 0.335 e. The Balaban J connectivity index is 1.39. The van der Waals surface area contributed by atoms with Gasteiger partial charge in [0.1, 0.15) is 24.1 Å². The lowest BCUT2D eigenvalue weighted by atomic mass is 9.55. The standard InChI is InChI=1S/C24H30O9/c1-24-7-6-11-12(14(24)4-5-17(24)26)3-2-10-8-16(15(25)9-13(10)11)32-23-20(29)18(27)19(28)21(33-23)22(30)31/h8-9,11-12,14,18-21,23,25,27-29H,2-7H2,1H3,(H,30,31)/t11-,12+,14-,18-,19-,20+,21-,23+,24-/m0/s1. The molecule has 0 unspecified atom stereocenters. The highest BCUT2D eigenvalue weighted by Gasteiger charge is 2.54. The van der Waals surface area contributed by atoms with Crippen LogP contribution < -0.4 is 4.74 Å². The number of ketones is 1. The van der Waals surface area contributed by atoms with Crippen molar-refractivity contribution in [1.82, 2.24) is 0 Å². The second-order valence-electron chi connectivity index (χ2n) is 10.2. The molecule has 1 aromatic carbocycles. The minimum Gasteiger partial charge on any atom is -0.504 e. The quantitative estimate of drug-likeness (QED) is 0.444. The molecule has 9 atom stereocenters. The zero-order valence-corrected chi connectivity index (χ0v) is 18.4. The lowest BCUT2D eigenvalue weighted by molar-refractivity contribution is -0.271. The summed E-state index contributed by atoms with van der Waals surface area (Å²) in [6, 6.07) is 3.34. The van der Waals surface area contributed by atoms with Gasteiger partial charge in [-0.1, -0.05) is 6.92 Å². The third kappa shape index (κ3) is 3.44. The number of fused-ring (bicyclic) bond motifs is 5. The van der Waals surface area contributed by atoms with Crippen LogP contribution >= 0.6 is 0 Å². The number of rotatable bonds is 3. The number of hydrogen-bond donors (Lipinski definition) is 5. The number of benzene rings is 1. The average Bonchev–Trinajstić information content (AvgIpc) is 3.08. The van der Waals surface area contributed by atoms with Crippen LogP contribution in [0.3, 0.4) is 0 Å². The van der Waals surface area contributed by atoms with Crippen LogP contribution in [0.25, 0.3) is 0 Å². The number of ether oxygens (including phenoxy) is 2. The first-order chi connectivity index (χ1) is 15.6. The molecule has 3 aliphatic carbocycles. The van der Waals surface area contributed by atoms with Gasteiger partial charge in [-0.2, -0.15) is 0 Å². The number of carbonyl (C=O) groups is 2. The number of aliphatic hydroxyl groups excluding tert-OH is 3. The van der Waals surface area contributed by atoms with Gasteiger partial charge in [-0.05, 0) is 73.1 Å². The van der Waals surface area contributed by atoms with Crippen molar-refractivity contribution in [2.24, 2.45) is 17.3 Å². The molecule has 1 aromatic rings. The lowest BCUT2D eigenvalue weighted by Gasteiger charge is -2.48. The summed E-state index contributed by atoms with van der Waals surface area (Å²) in [5, 5.41) is 50.0. The van der Waals surface area contributed by atoms with Gasteiger partial charge < -0.3 is 35.0 Å². The van der Waals surface area contributed by atoms with Crippen LogP contribution in [-0.4, -0.2) is 68.0 Å². The molecule has 33 heavy (non-hydrogen) atoms. The second kappa shape index (κ2) is 7.94. The SMILES string of the molecule is C[C@]12CC[C@@H]3c4cc(O)c(O[C@@H]5O[C@H](C(=O)O)[C@@H](O)[C@H](O)[C@H]5O)cc4CC[C@H]3[C@@H]1CCC2=O. The summed E-state index contributed by atoms with van der Waals surface area (Å²) in [5.74, 6) is -0.275. The summed E-state index contributed by atoms with van der Waals surface area (Å²) in [5.41, 5.74) is 1.81. The molecule has 5 N–H and O–H groups in total. The van der Waals surface area contributed by atoms with Crippen LogP contribution in [0.4, 0.5) is 0 Å². The number of aromatic hydroxyl groups is 1. The van der Waals surface area contributed by atoms with E-state index in [4.69, 9.17) is 9.47 Å². The van der Waals surface area contributed by atoms with Crippen molar-refractivity contribution in [3.05, 3.63) is 23.3 Å². The van der Waals surface area contributed by atoms with Crippen molar-refractivity contribution in [1.29, 1.82) is 0 Å². The summed E-state index contributed by atoms with van der Waals surface area (Å²) in [7, 11) is 0. The summed E-state index contributed by atoms with van der Waals surface area (Å²) in [6.45, 7) is 2.11. The number of carbonyl (C=O) groups excluding carboxylic acids is 1. The van der Waals surface area contributed by atoms with Crippen LogP contribution in [0.15, 0.2) is 12.1 Å². The highest BCUT2D eigenvalue weighted by molar-refractivity contribution is 5.87. The van der Waals surface area contributed by atoms with Crippen LogP contribution in [0.1, 0.15) is 56.1 Å². The van der Waals surface area contributed by atoms with E-state index >= 15 is 0 Å². The summed E-state index contributed by atoms with van der Waals surface area (Å²) in [6.07, 6.45) is -3.67. The van der Waals surface area contributed by atoms with Gasteiger partial charge in [0.25, 0.3) is 0 Å². The number of hydrogen-bond acceptors (Lipinski definition) is 8. The fourth-order valence-electron chi connectivity index (χ4n) is 6.73. The van der Waals surface area contributed by atoms with Crippen molar-refractivity contribution in [3.63, 3.8) is 0 Å². The number of aliphatic carboxylic acids is 1. The van der Waals surface area contributed by atoms with Crippen LogP contribution in [0.5, 0.6) is 11.5 Å². The van der Waals surface area contributed by atoms with Crippen LogP contribution in [0.2, 0.25) is 0 Å². The van der Waals surface area contributed by atoms with Gasteiger partial charge in [-0.3, -0.25) is 4.79 Å². The third-order valence-corrected chi connectivity index (χ3v) is 8.57. The Bertz CT molecular complexity index is 977. The Hall–Kier alpha value is -2.20. The van der Waals surface area contributed by atoms with Gasteiger partial charge in [0.15, 0.2) is 17.6 Å². The highest BCUT2D eigenvalue weighted by Crippen LogP contribution is 2.60. The Morgan fingerprint density at radius 2 is 1.85 bits per heavy atom. The van der Waals surface area contributed by atoms with Crippen LogP contribution in [-0.2, 0) is 20.7 Å². The molecular weight excluding hydrogens is 432 g/mol. The molecule has 3 fully saturated rings. The zero-order valence-electron chi connectivity index (χ0n) is 18.4. The van der Waals surface area contributed by atoms with E-state index in [1.165, 1.54) is 0 Å². The fraction of sp³-hybridized carbons (Fsp3) is 0.667. The van der Waals surface area contributed by atoms with E-state index in [2.05, 4.69) is 6.92 Å². The van der Waals surface area contributed by atoms with Gasteiger partial charge in [0.2, 0.25) is 6.29 Å². The monoisotopic (exact) mass is 462 g/mol. The van der Waals surface area contributed by atoms with Gasteiger partial charge >= 0.3 is 5.97 Å². The van der Waals surface area contributed by atoms with Crippen molar-refractivity contribution in [3.8, 4) is 11.5 Å². The molecule has 5 rings (SSSR count).